The summed E-state index contributed by atoms with van der Waals surface area (Å²) < 4.78 is 0.884. The van der Waals surface area contributed by atoms with Gasteiger partial charge in [-0.1, -0.05) is 0 Å². The summed E-state index contributed by atoms with van der Waals surface area (Å²) in [5.41, 5.74) is 0. The van der Waals surface area contributed by atoms with Gasteiger partial charge in [-0.05, 0) is 0 Å². The second-order valence-corrected chi connectivity index (χ2v) is 2.77. The summed E-state index contributed by atoms with van der Waals surface area (Å²) in [5, 5.41) is 15.4. The predicted molar refractivity (Wildman–Crippen MR) is 52.5 cm³/mol. The third-order valence-electron chi connectivity index (χ3n) is 1.12. The first kappa shape index (κ1) is 19.2. The van der Waals surface area contributed by atoms with Gasteiger partial charge in [-0.3, -0.25) is 9.59 Å². The Morgan fingerprint density at radius 3 is 1.54 bits per heavy atom. The number of carboxylic acids is 2. The molecule has 0 saturated carbocycles. The molecular formula is C7H14LiNaO4. The summed E-state index contributed by atoms with van der Waals surface area (Å²) in [6.07, 6.45) is 0.500. The summed E-state index contributed by atoms with van der Waals surface area (Å²) in [4.78, 5) is 18.9. The molecule has 0 aliphatic rings. The molecule has 4 nitrogen and oxygen atoms in total. The van der Waals surface area contributed by atoms with Crippen molar-refractivity contribution in [3.05, 3.63) is 0 Å². The van der Waals surface area contributed by atoms with Crippen LogP contribution in [0.2, 0.25) is 4.59 Å². The molecule has 0 aromatic carbocycles. The van der Waals surface area contributed by atoms with Crippen LogP contribution in [0, 0.1) is 0 Å². The first-order valence-electron chi connectivity index (χ1n) is 3.83. The number of hydrogen-bond donors (Lipinski definition) is 2. The van der Waals surface area contributed by atoms with E-state index in [9.17, 15) is 9.59 Å². The molecule has 0 fully saturated rings. The predicted octanol–water partition coefficient (Wildman–Crippen LogP) is 0.270. The standard InChI is InChI=1S/C4H9.C3H4O4.Li.Na.H/c1-3-4-2;4-2(5)1-3(6)7;;;/h3H,4H2,1-2H3;1H2,(H,4,5)(H,6,7);;;. The Bertz CT molecular complexity index is 137. The zero-order chi connectivity index (χ0) is 10.1. The molecule has 0 spiro atoms. The molecule has 0 aromatic rings. The Balaban J connectivity index is -0.000000150. The first-order chi connectivity index (χ1) is 5.40. The van der Waals surface area contributed by atoms with Gasteiger partial charge >= 0.3 is 84.1 Å². The molecule has 0 heterocycles. The van der Waals surface area contributed by atoms with Gasteiger partial charge in [-0.15, -0.1) is 0 Å². The van der Waals surface area contributed by atoms with Gasteiger partial charge in [0.15, 0.2) is 0 Å². The maximum absolute atomic E-state index is 9.43. The van der Waals surface area contributed by atoms with Crippen LogP contribution in [0.1, 0.15) is 26.7 Å². The van der Waals surface area contributed by atoms with Crippen LogP contribution in [0.3, 0.4) is 0 Å². The number of rotatable bonds is 3. The number of carboxylic acid groups (broad SMARTS) is 2. The van der Waals surface area contributed by atoms with Crippen LogP contribution in [-0.2, 0) is 9.59 Å². The molecule has 6 heteroatoms. The number of carbonyl (C=O) groups is 2. The normalized spacial score (nSPS) is 10.2. The monoisotopic (exact) mass is 192 g/mol. The van der Waals surface area contributed by atoms with E-state index in [1.165, 1.54) is 6.42 Å². The van der Waals surface area contributed by atoms with Crippen molar-refractivity contribution in [3.63, 3.8) is 0 Å². The molecular weight excluding hydrogens is 178 g/mol. The van der Waals surface area contributed by atoms with Gasteiger partial charge < -0.3 is 10.2 Å². The fourth-order valence-electron chi connectivity index (χ4n) is 0.129. The van der Waals surface area contributed by atoms with Crippen molar-refractivity contribution in [2.75, 3.05) is 0 Å². The molecule has 2 N–H and O–H groups in total. The van der Waals surface area contributed by atoms with Crippen LogP contribution in [0.15, 0.2) is 0 Å². The maximum atomic E-state index is 9.43. The fourth-order valence-corrected chi connectivity index (χ4v) is 0.129. The fraction of sp³-hybridized carbons (Fsp3) is 0.714. The second-order valence-electron chi connectivity index (χ2n) is 2.77. The van der Waals surface area contributed by atoms with Crippen molar-refractivity contribution in [3.8, 4) is 0 Å². The van der Waals surface area contributed by atoms with Crippen molar-refractivity contribution in [2.24, 2.45) is 0 Å². The average Bonchev–Trinajstić information content (AvgIpc) is 1.85. The third kappa shape index (κ3) is 32.6. The molecule has 68 valence electrons. The van der Waals surface area contributed by atoms with Crippen molar-refractivity contribution >= 4 is 59.2 Å². The molecule has 1 unspecified atom stereocenters. The van der Waals surface area contributed by atoms with Crippen molar-refractivity contribution < 1.29 is 19.8 Å². The summed E-state index contributed by atoms with van der Waals surface area (Å²) in [5.74, 6) is -2.62. The van der Waals surface area contributed by atoms with Gasteiger partial charge in [0.05, 0.1) is 0 Å². The summed E-state index contributed by atoms with van der Waals surface area (Å²) in [6, 6.07) is 0. The van der Waals surface area contributed by atoms with Gasteiger partial charge in [0.1, 0.15) is 6.42 Å². The average molecular weight is 192 g/mol. The van der Waals surface area contributed by atoms with Gasteiger partial charge in [-0.2, -0.15) is 0 Å². The van der Waals surface area contributed by atoms with Gasteiger partial charge in [0.2, 0.25) is 0 Å². The van der Waals surface area contributed by atoms with Crippen molar-refractivity contribution in [1.29, 1.82) is 0 Å². The Morgan fingerprint density at radius 2 is 1.54 bits per heavy atom. The van der Waals surface area contributed by atoms with E-state index in [2.05, 4.69) is 31.6 Å². The molecule has 0 saturated heterocycles. The molecule has 0 amide bonds. The topological polar surface area (TPSA) is 74.6 Å². The van der Waals surface area contributed by atoms with Gasteiger partial charge in [0.25, 0.3) is 0 Å². The van der Waals surface area contributed by atoms with Crippen LogP contribution >= 0.6 is 0 Å². The first-order valence-corrected chi connectivity index (χ1v) is 3.83. The Morgan fingerprint density at radius 1 is 1.31 bits per heavy atom. The molecule has 0 aliphatic heterocycles. The molecule has 0 aliphatic carbocycles. The van der Waals surface area contributed by atoms with E-state index in [1.54, 1.807) is 0 Å². The van der Waals surface area contributed by atoms with E-state index in [0.717, 1.165) is 4.59 Å². The quantitative estimate of drug-likeness (QED) is 0.497. The Labute approximate surface area is 110 Å². The Kier molecular flexibility index (Phi) is 18.5. The van der Waals surface area contributed by atoms with E-state index < -0.39 is 18.4 Å². The van der Waals surface area contributed by atoms with E-state index in [0.29, 0.717) is 0 Å². The van der Waals surface area contributed by atoms with Crippen LogP contribution < -0.4 is 0 Å². The van der Waals surface area contributed by atoms with Crippen LogP contribution in [0.5, 0.6) is 0 Å². The number of aliphatic carboxylic acids is 2. The SMILES string of the molecule is O=C(O)CC(=O)O.[Li][CH](C)CC.[NaH]. The molecule has 1 atom stereocenters. The zero-order valence-corrected chi connectivity index (χ0v) is 7.70. The zero-order valence-electron chi connectivity index (χ0n) is 7.70. The molecule has 0 bridgehead atoms. The van der Waals surface area contributed by atoms with E-state index in [4.69, 9.17) is 10.2 Å². The minimum atomic E-state index is -1.31. The summed E-state index contributed by atoms with van der Waals surface area (Å²) in [7, 11) is 0. The molecule has 0 aromatic heterocycles. The second kappa shape index (κ2) is 12.5. The summed E-state index contributed by atoms with van der Waals surface area (Å²) >= 11 is 2.22. The Hall–Kier alpha value is 0.537. The minimum absolute atomic E-state index is 0. The van der Waals surface area contributed by atoms with Crippen LogP contribution in [-0.4, -0.2) is 69.4 Å². The third-order valence-corrected chi connectivity index (χ3v) is 1.12. The molecule has 0 rings (SSSR count). The van der Waals surface area contributed by atoms with Crippen LogP contribution in [0.4, 0.5) is 0 Å². The van der Waals surface area contributed by atoms with E-state index in [1.807, 2.05) is 0 Å². The van der Waals surface area contributed by atoms with Crippen molar-refractivity contribution in [2.45, 2.75) is 31.3 Å². The molecule has 13 heavy (non-hydrogen) atoms. The molecule has 0 radical (unpaired) electrons. The van der Waals surface area contributed by atoms with Gasteiger partial charge in [0, 0.05) is 0 Å². The van der Waals surface area contributed by atoms with E-state index >= 15 is 0 Å². The van der Waals surface area contributed by atoms with Crippen molar-refractivity contribution in [1.82, 2.24) is 0 Å². The number of hydrogen-bond acceptors (Lipinski definition) is 2. The van der Waals surface area contributed by atoms with Gasteiger partial charge in [-0.25, -0.2) is 0 Å². The summed E-state index contributed by atoms with van der Waals surface area (Å²) in [6.45, 7) is 4.42. The van der Waals surface area contributed by atoms with E-state index in [-0.39, 0.29) is 29.6 Å². The van der Waals surface area contributed by atoms with Crippen LogP contribution in [0.25, 0.3) is 0 Å².